The molecule has 0 aliphatic heterocycles. The summed E-state index contributed by atoms with van der Waals surface area (Å²) in [5, 5.41) is 6.12. The molecule has 0 unspecified atom stereocenters. The zero-order valence-corrected chi connectivity index (χ0v) is 14.6. The molecular weight excluding hydrogens is 349 g/mol. The molecule has 0 fully saturated rings. The maximum atomic E-state index is 12.3. The summed E-state index contributed by atoms with van der Waals surface area (Å²) in [4.78, 5) is 17.2. The fourth-order valence-corrected chi connectivity index (χ4v) is 2.28. The molecule has 0 aliphatic rings. The van der Waals surface area contributed by atoms with Gasteiger partial charge in [0.25, 0.3) is 0 Å². The number of benzene rings is 1. The molecule has 0 saturated carbocycles. The van der Waals surface area contributed by atoms with Gasteiger partial charge in [0.1, 0.15) is 0 Å². The zero-order chi connectivity index (χ0) is 19.2. The molecule has 0 radical (unpaired) electrons. The van der Waals surface area contributed by atoms with Gasteiger partial charge in [-0.25, -0.2) is 0 Å². The van der Waals surface area contributed by atoms with Crippen molar-refractivity contribution in [1.82, 2.24) is 10.1 Å². The molecular formula is C17H21F3N4O2. The number of anilines is 2. The molecule has 1 aromatic carbocycles. The lowest BCUT2D eigenvalue weighted by atomic mass is 10.1. The van der Waals surface area contributed by atoms with Gasteiger partial charge in [0.15, 0.2) is 5.82 Å². The number of hydrogen-bond donors (Lipinski definition) is 1. The van der Waals surface area contributed by atoms with Crippen molar-refractivity contribution >= 4 is 17.3 Å². The largest absolute Gasteiger partial charge is 0.471 e. The minimum absolute atomic E-state index is 0.0303. The Kier molecular flexibility index (Phi) is 6.59. The molecule has 0 aliphatic carbocycles. The van der Waals surface area contributed by atoms with Gasteiger partial charge in [-0.05, 0) is 37.1 Å². The lowest BCUT2D eigenvalue weighted by Gasteiger charge is -2.13. The third-order valence-electron chi connectivity index (χ3n) is 3.68. The van der Waals surface area contributed by atoms with Crippen LogP contribution in [0, 0.1) is 0 Å². The van der Waals surface area contributed by atoms with E-state index < -0.39 is 12.1 Å². The summed E-state index contributed by atoms with van der Waals surface area (Å²) in [6.07, 6.45) is -2.09. The van der Waals surface area contributed by atoms with Gasteiger partial charge in [-0.1, -0.05) is 11.6 Å². The first-order valence-corrected chi connectivity index (χ1v) is 8.23. The van der Waals surface area contributed by atoms with Gasteiger partial charge in [0.2, 0.25) is 5.91 Å². The molecule has 0 saturated heterocycles. The van der Waals surface area contributed by atoms with Gasteiger partial charge in [0.05, 0.1) is 0 Å². The second-order valence-electron chi connectivity index (χ2n) is 6.06. The first-order valence-electron chi connectivity index (χ1n) is 8.23. The number of unbranched alkanes of at least 4 members (excludes halogenated alkanes) is 2. The van der Waals surface area contributed by atoms with Gasteiger partial charge in [0, 0.05) is 38.3 Å². The van der Waals surface area contributed by atoms with Crippen molar-refractivity contribution in [2.24, 2.45) is 0 Å². The average Bonchev–Trinajstić information content (AvgIpc) is 3.04. The van der Waals surface area contributed by atoms with Crippen molar-refractivity contribution in [2.75, 3.05) is 24.3 Å². The van der Waals surface area contributed by atoms with Gasteiger partial charge in [-0.3, -0.25) is 4.79 Å². The number of amides is 1. The summed E-state index contributed by atoms with van der Waals surface area (Å²) in [5.41, 5.74) is 1.77. The number of carbonyl (C=O) groups excluding carboxylic acids is 1. The summed E-state index contributed by atoms with van der Waals surface area (Å²) in [7, 11) is 3.87. The quantitative estimate of drug-likeness (QED) is 0.714. The maximum Gasteiger partial charge on any atom is 0.471 e. The highest BCUT2D eigenvalue weighted by atomic mass is 19.4. The van der Waals surface area contributed by atoms with E-state index in [-0.39, 0.29) is 18.2 Å². The topological polar surface area (TPSA) is 71.3 Å². The number of halogens is 3. The van der Waals surface area contributed by atoms with Crippen LogP contribution in [0.4, 0.5) is 24.5 Å². The van der Waals surface area contributed by atoms with Crippen LogP contribution in [-0.2, 0) is 17.4 Å². The third-order valence-corrected chi connectivity index (χ3v) is 3.68. The lowest BCUT2D eigenvalue weighted by molar-refractivity contribution is -0.159. The van der Waals surface area contributed by atoms with E-state index in [9.17, 15) is 18.0 Å². The molecule has 0 bridgehead atoms. The zero-order valence-electron chi connectivity index (χ0n) is 14.6. The van der Waals surface area contributed by atoms with Crippen LogP contribution < -0.4 is 10.2 Å². The van der Waals surface area contributed by atoms with Crippen molar-refractivity contribution in [3.8, 4) is 0 Å². The molecule has 6 nitrogen and oxygen atoms in total. The van der Waals surface area contributed by atoms with Crippen LogP contribution in [0.1, 0.15) is 37.4 Å². The van der Waals surface area contributed by atoms with Crippen LogP contribution in [-0.4, -0.2) is 30.1 Å². The Labute approximate surface area is 149 Å². The number of nitrogens with zero attached hydrogens (tertiary/aromatic N) is 3. The Morgan fingerprint density at radius 2 is 1.85 bits per heavy atom. The van der Waals surface area contributed by atoms with Crippen LogP contribution in [0.15, 0.2) is 28.8 Å². The number of alkyl halides is 3. The van der Waals surface area contributed by atoms with E-state index in [1.54, 1.807) is 0 Å². The van der Waals surface area contributed by atoms with Crippen LogP contribution in [0.25, 0.3) is 0 Å². The van der Waals surface area contributed by atoms with E-state index >= 15 is 0 Å². The first-order chi connectivity index (χ1) is 12.3. The van der Waals surface area contributed by atoms with Crippen LogP contribution in [0.2, 0.25) is 0 Å². The van der Waals surface area contributed by atoms with Crippen LogP contribution >= 0.6 is 0 Å². The van der Waals surface area contributed by atoms with E-state index in [0.717, 1.165) is 11.4 Å². The third kappa shape index (κ3) is 6.05. The molecule has 1 aromatic heterocycles. The molecule has 1 N–H and O–H groups in total. The van der Waals surface area contributed by atoms with E-state index in [0.29, 0.717) is 25.7 Å². The molecule has 1 heterocycles. The first kappa shape index (κ1) is 19.7. The number of aromatic nitrogens is 2. The molecule has 0 spiro atoms. The monoisotopic (exact) mass is 370 g/mol. The second-order valence-corrected chi connectivity index (χ2v) is 6.06. The van der Waals surface area contributed by atoms with Crippen molar-refractivity contribution in [2.45, 2.75) is 38.3 Å². The SMILES string of the molecule is CN(C)c1ccc(NC(=O)CCCCCc2noc(C(F)(F)F)n2)cc1. The molecule has 2 rings (SSSR count). The number of nitrogens with one attached hydrogen (secondary N) is 1. The van der Waals surface area contributed by atoms with Gasteiger partial charge in [-0.2, -0.15) is 18.2 Å². The number of rotatable bonds is 8. The van der Waals surface area contributed by atoms with Crippen LogP contribution in [0.3, 0.4) is 0 Å². The summed E-state index contributed by atoms with van der Waals surface area (Å²) in [6.45, 7) is 0. The molecule has 0 atom stereocenters. The Morgan fingerprint density at radius 3 is 2.42 bits per heavy atom. The van der Waals surface area contributed by atoms with Crippen LogP contribution in [0.5, 0.6) is 0 Å². The maximum absolute atomic E-state index is 12.3. The van der Waals surface area contributed by atoms with E-state index in [4.69, 9.17) is 0 Å². The predicted octanol–water partition coefficient (Wildman–Crippen LogP) is 3.90. The fourth-order valence-electron chi connectivity index (χ4n) is 2.28. The Hall–Kier alpha value is -2.58. The fraction of sp³-hybridized carbons (Fsp3) is 0.471. The minimum Gasteiger partial charge on any atom is -0.378 e. The molecule has 142 valence electrons. The number of aryl methyl sites for hydroxylation is 1. The summed E-state index contributed by atoms with van der Waals surface area (Å²) in [5.74, 6) is -1.39. The highest BCUT2D eigenvalue weighted by molar-refractivity contribution is 5.90. The Morgan fingerprint density at radius 1 is 1.15 bits per heavy atom. The van der Waals surface area contributed by atoms with Gasteiger partial charge >= 0.3 is 12.1 Å². The summed E-state index contributed by atoms with van der Waals surface area (Å²) in [6, 6.07) is 7.49. The molecule has 9 heteroatoms. The standard InChI is InChI=1S/C17H21F3N4O2/c1-24(2)13-10-8-12(9-11-13)21-15(25)7-5-3-4-6-14-22-16(26-23-14)17(18,19)20/h8-11H,3-7H2,1-2H3,(H,21,25). The predicted molar refractivity (Wildman–Crippen MR) is 90.9 cm³/mol. The second kappa shape index (κ2) is 8.68. The normalized spacial score (nSPS) is 11.4. The Bertz CT molecular complexity index is 712. The number of hydrogen-bond acceptors (Lipinski definition) is 5. The molecule has 2 aromatic rings. The highest BCUT2D eigenvalue weighted by Crippen LogP contribution is 2.27. The Balaban J connectivity index is 1.65. The summed E-state index contributed by atoms with van der Waals surface area (Å²) < 4.78 is 41.2. The van der Waals surface area contributed by atoms with E-state index in [2.05, 4.69) is 20.0 Å². The van der Waals surface area contributed by atoms with Crippen molar-refractivity contribution in [3.63, 3.8) is 0 Å². The molecule has 1 amide bonds. The van der Waals surface area contributed by atoms with Crippen molar-refractivity contribution in [3.05, 3.63) is 36.0 Å². The van der Waals surface area contributed by atoms with E-state index in [1.165, 1.54) is 0 Å². The minimum atomic E-state index is -4.62. The van der Waals surface area contributed by atoms with Crippen molar-refractivity contribution in [1.29, 1.82) is 0 Å². The van der Waals surface area contributed by atoms with Gasteiger partial charge in [-0.15, -0.1) is 0 Å². The van der Waals surface area contributed by atoms with E-state index in [1.807, 2.05) is 43.3 Å². The lowest BCUT2D eigenvalue weighted by Crippen LogP contribution is -2.12. The smallest absolute Gasteiger partial charge is 0.378 e. The van der Waals surface area contributed by atoms with Gasteiger partial charge < -0.3 is 14.7 Å². The summed E-state index contributed by atoms with van der Waals surface area (Å²) >= 11 is 0. The number of carbonyl (C=O) groups is 1. The highest BCUT2D eigenvalue weighted by Gasteiger charge is 2.38. The molecule has 26 heavy (non-hydrogen) atoms. The van der Waals surface area contributed by atoms with Crippen molar-refractivity contribution < 1.29 is 22.5 Å². The average molecular weight is 370 g/mol.